The number of amides is 1. The molecule has 0 radical (unpaired) electrons. The lowest BCUT2D eigenvalue weighted by Gasteiger charge is -2.15. The Hall–Kier alpha value is -2.40. The Morgan fingerprint density at radius 1 is 1.29 bits per heavy atom. The summed E-state index contributed by atoms with van der Waals surface area (Å²) >= 11 is 0. The number of carbonyl (C=O) groups is 1. The first-order valence-electron chi connectivity index (χ1n) is 8.25. The highest BCUT2D eigenvalue weighted by Gasteiger charge is 2.10. The van der Waals surface area contributed by atoms with Crippen LogP contribution in [-0.2, 0) is 11.3 Å². The topological polar surface area (TPSA) is 63.2 Å². The third-order valence-corrected chi connectivity index (χ3v) is 3.66. The van der Waals surface area contributed by atoms with Crippen LogP contribution in [0.5, 0.6) is 5.88 Å². The Morgan fingerprint density at radius 3 is 2.83 bits per heavy atom. The second-order valence-electron chi connectivity index (χ2n) is 5.78. The van der Waals surface area contributed by atoms with Crippen molar-refractivity contribution in [3.63, 3.8) is 0 Å². The van der Waals surface area contributed by atoms with E-state index in [4.69, 9.17) is 4.74 Å². The summed E-state index contributed by atoms with van der Waals surface area (Å²) in [5.74, 6) is 0.635. The number of nitrogens with zero attached hydrogens (tertiary/aromatic N) is 1. The molecule has 1 atom stereocenters. The molecule has 5 nitrogen and oxygen atoms in total. The Balaban J connectivity index is 1.80. The predicted molar refractivity (Wildman–Crippen MR) is 96.1 cm³/mol. The molecule has 128 valence electrons. The maximum absolute atomic E-state index is 12.1. The van der Waals surface area contributed by atoms with E-state index < -0.39 is 0 Å². The second-order valence-corrected chi connectivity index (χ2v) is 5.78. The van der Waals surface area contributed by atoms with Crippen molar-refractivity contribution in [1.82, 2.24) is 10.3 Å². The summed E-state index contributed by atoms with van der Waals surface area (Å²) in [7, 11) is 0. The quantitative estimate of drug-likeness (QED) is 0.781. The molecule has 2 rings (SSSR count). The van der Waals surface area contributed by atoms with E-state index in [9.17, 15) is 4.79 Å². The first kappa shape index (κ1) is 17.9. The molecule has 5 heteroatoms. The van der Waals surface area contributed by atoms with Crippen molar-refractivity contribution in [3.05, 3.63) is 53.7 Å². The van der Waals surface area contributed by atoms with E-state index in [1.807, 2.05) is 57.2 Å². The number of rotatable bonds is 8. The third-order valence-electron chi connectivity index (χ3n) is 3.66. The number of anilines is 1. The van der Waals surface area contributed by atoms with Gasteiger partial charge in [-0.05, 0) is 44.0 Å². The highest BCUT2D eigenvalue weighted by Crippen LogP contribution is 2.14. The average Bonchev–Trinajstić information content (AvgIpc) is 2.56. The van der Waals surface area contributed by atoms with Crippen molar-refractivity contribution in [3.8, 4) is 5.88 Å². The molecular formula is C19H25N3O2. The lowest BCUT2D eigenvalue weighted by atomic mass is 10.1. The lowest BCUT2D eigenvalue weighted by molar-refractivity contribution is -0.116. The number of aromatic nitrogens is 1. The number of para-hydroxylation sites is 1. The van der Waals surface area contributed by atoms with Crippen LogP contribution in [0.2, 0.25) is 0 Å². The number of aryl methyl sites for hydroxylation is 1. The monoisotopic (exact) mass is 327 g/mol. The van der Waals surface area contributed by atoms with E-state index in [2.05, 4.69) is 15.6 Å². The molecule has 0 saturated carbocycles. The van der Waals surface area contributed by atoms with Gasteiger partial charge in [-0.3, -0.25) is 4.79 Å². The van der Waals surface area contributed by atoms with Crippen molar-refractivity contribution < 1.29 is 9.53 Å². The maximum atomic E-state index is 12.1. The normalized spacial score (nSPS) is 11.8. The van der Waals surface area contributed by atoms with E-state index in [0.717, 1.165) is 16.8 Å². The number of ether oxygens (including phenoxy) is 1. The zero-order valence-corrected chi connectivity index (χ0v) is 14.5. The minimum Gasteiger partial charge on any atom is -0.478 e. The number of hydrogen-bond donors (Lipinski definition) is 2. The molecular weight excluding hydrogens is 302 g/mol. The molecule has 1 aromatic heterocycles. The number of hydrogen-bond acceptors (Lipinski definition) is 4. The first-order valence-corrected chi connectivity index (χ1v) is 8.25. The smallest absolute Gasteiger partial charge is 0.225 e. The lowest BCUT2D eigenvalue weighted by Crippen LogP contribution is -2.30. The highest BCUT2D eigenvalue weighted by molar-refractivity contribution is 5.91. The average molecular weight is 327 g/mol. The molecule has 0 aliphatic carbocycles. The van der Waals surface area contributed by atoms with Crippen molar-refractivity contribution in [2.24, 2.45) is 0 Å². The minimum absolute atomic E-state index is 0.00836. The summed E-state index contributed by atoms with van der Waals surface area (Å²) < 4.78 is 5.39. The number of carbonyl (C=O) groups excluding carboxylic acids is 1. The molecule has 2 N–H and O–H groups in total. The minimum atomic E-state index is 0.00836. The molecule has 24 heavy (non-hydrogen) atoms. The van der Waals surface area contributed by atoms with Gasteiger partial charge in [-0.1, -0.05) is 18.2 Å². The molecule has 2 aromatic rings. The van der Waals surface area contributed by atoms with Crippen LogP contribution >= 0.6 is 0 Å². The second kappa shape index (κ2) is 9.03. The van der Waals surface area contributed by atoms with Crippen molar-refractivity contribution in [2.45, 2.75) is 39.8 Å². The van der Waals surface area contributed by atoms with Gasteiger partial charge in [-0.25, -0.2) is 4.98 Å². The van der Waals surface area contributed by atoms with Crippen molar-refractivity contribution >= 4 is 11.6 Å². The zero-order chi connectivity index (χ0) is 17.4. The molecule has 0 bridgehead atoms. The van der Waals surface area contributed by atoms with Crippen LogP contribution in [0.15, 0.2) is 42.6 Å². The summed E-state index contributed by atoms with van der Waals surface area (Å²) in [5, 5.41) is 6.31. The van der Waals surface area contributed by atoms with Gasteiger partial charge < -0.3 is 15.4 Å². The van der Waals surface area contributed by atoms with Crippen LogP contribution in [0.25, 0.3) is 0 Å². The summed E-state index contributed by atoms with van der Waals surface area (Å²) in [6, 6.07) is 11.7. The van der Waals surface area contributed by atoms with E-state index in [1.54, 1.807) is 6.20 Å². The first-order chi connectivity index (χ1) is 11.6. The third kappa shape index (κ3) is 5.66. The summed E-state index contributed by atoms with van der Waals surface area (Å²) in [6.07, 6.45) is 2.15. The van der Waals surface area contributed by atoms with Crippen LogP contribution in [0.4, 0.5) is 5.69 Å². The summed E-state index contributed by atoms with van der Waals surface area (Å²) in [5.41, 5.74) is 3.01. The number of nitrogens with one attached hydrogen (secondary N) is 2. The fourth-order valence-electron chi connectivity index (χ4n) is 2.34. The predicted octanol–water partition coefficient (Wildman–Crippen LogP) is 3.30. The largest absolute Gasteiger partial charge is 0.478 e. The van der Waals surface area contributed by atoms with Crippen molar-refractivity contribution in [1.29, 1.82) is 0 Å². The van der Waals surface area contributed by atoms with E-state index in [-0.39, 0.29) is 11.9 Å². The molecule has 1 amide bonds. The Morgan fingerprint density at radius 2 is 2.08 bits per heavy atom. The summed E-state index contributed by atoms with van der Waals surface area (Å²) in [6.45, 7) is 7.18. The fraction of sp³-hybridized carbons (Fsp3) is 0.368. The van der Waals surface area contributed by atoms with Gasteiger partial charge in [0.1, 0.15) is 0 Å². The highest BCUT2D eigenvalue weighted by atomic mass is 16.5. The Kier molecular flexibility index (Phi) is 6.75. The molecule has 0 fully saturated rings. The van der Waals surface area contributed by atoms with E-state index in [1.165, 1.54) is 0 Å². The van der Waals surface area contributed by atoms with Gasteiger partial charge in [-0.2, -0.15) is 0 Å². The van der Waals surface area contributed by atoms with Crippen molar-refractivity contribution in [2.75, 3.05) is 11.9 Å². The number of benzene rings is 1. The Labute approximate surface area is 143 Å². The van der Waals surface area contributed by atoms with Gasteiger partial charge in [0, 0.05) is 37.0 Å². The van der Waals surface area contributed by atoms with Crippen LogP contribution < -0.4 is 15.4 Å². The molecule has 1 heterocycles. The molecule has 0 spiro atoms. The van der Waals surface area contributed by atoms with Gasteiger partial charge in [0.2, 0.25) is 11.8 Å². The van der Waals surface area contributed by atoms with Gasteiger partial charge >= 0.3 is 0 Å². The van der Waals surface area contributed by atoms with Gasteiger partial charge in [0.15, 0.2) is 0 Å². The van der Waals surface area contributed by atoms with Crippen LogP contribution in [-0.4, -0.2) is 23.5 Å². The Bertz CT molecular complexity index is 673. The SMILES string of the molecule is CCOc1cc(CN[C@@H](C)CC(=O)Nc2ccccc2C)ccn1. The van der Waals surface area contributed by atoms with E-state index in [0.29, 0.717) is 25.5 Å². The maximum Gasteiger partial charge on any atom is 0.225 e. The van der Waals surface area contributed by atoms with E-state index >= 15 is 0 Å². The fourth-order valence-corrected chi connectivity index (χ4v) is 2.34. The van der Waals surface area contributed by atoms with Crippen LogP contribution in [0.3, 0.4) is 0 Å². The molecule has 0 unspecified atom stereocenters. The zero-order valence-electron chi connectivity index (χ0n) is 14.5. The van der Waals surface area contributed by atoms with Gasteiger partial charge in [-0.15, -0.1) is 0 Å². The summed E-state index contributed by atoms with van der Waals surface area (Å²) in [4.78, 5) is 16.3. The number of pyridine rings is 1. The molecule has 0 aliphatic rings. The van der Waals surface area contributed by atoms with Gasteiger partial charge in [0.25, 0.3) is 0 Å². The van der Waals surface area contributed by atoms with Gasteiger partial charge in [0.05, 0.1) is 6.61 Å². The standard InChI is InChI=1S/C19H25N3O2/c1-4-24-19-12-16(9-10-20-19)13-21-15(3)11-18(23)22-17-8-6-5-7-14(17)2/h5-10,12,15,21H,4,11,13H2,1-3H3,(H,22,23)/t15-/m0/s1. The van der Waals surface area contributed by atoms with Crippen LogP contribution in [0.1, 0.15) is 31.4 Å². The molecule has 0 aliphatic heterocycles. The van der Waals surface area contributed by atoms with Crippen LogP contribution in [0, 0.1) is 6.92 Å². The molecule has 0 saturated heterocycles. The molecule has 1 aromatic carbocycles.